The fraction of sp³-hybridized carbons (Fsp3) is 0.818. The van der Waals surface area contributed by atoms with E-state index < -0.39 is 0 Å². The summed E-state index contributed by atoms with van der Waals surface area (Å²) < 4.78 is 1.53. The van der Waals surface area contributed by atoms with Gasteiger partial charge in [0.25, 0.3) is 0 Å². The second-order valence-electron chi connectivity index (χ2n) is 5.29. The Morgan fingerprint density at radius 1 is 1.56 bits per heavy atom. The Hall–Kier alpha value is -0.790. The molecule has 2 atom stereocenters. The van der Waals surface area contributed by atoms with Crippen molar-refractivity contribution < 1.29 is 5.11 Å². The molecule has 1 aromatic rings. The van der Waals surface area contributed by atoms with E-state index >= 15 is 0 Å². The molecule has 4 N–H and O–H groups in total. The monoisotopic (exact) mass is 274 g/mol. The molecular weight excluding hydrogens is 252 g/mol. The molecule has 0 aromatic carbocycles. The van der Waals surface area contributed by atoms with Crippen LogP contribution in [0.25, 0.3) is 0 Å². The molecule has 104 valence electrons. The average molecular weight is 274 g/mol. The van der Waals surface area contributed by atoms with Gasteiger partial charge in [0.05, 0.1) is 11.9 Å². The highest BCUT2D eigenvalue weighted by Crippen LogP contribution is 2.29. The van der Waals surface area contributed by atoms with Gasteiger partial charge in [-0.2, -0.15) is 0 Å². The summed E-state index contributed by atoms with van der Waals surface area (Å²) in [7, 11) is 0. The van der Waals surface area contributed by atoms with Crippen molar-refractivity contribution in [3.8, 4) is 0 Å². The number of hydrogen-bond acceptors (Lipinski definition) is 5. The van der Waals surface area contributed by atoms with Gasteiger partial charge in [0, 0.05) is 12.6 Å². The molecule has 1 aromatic heterocycles. The maximum Gasteiger partial charge on any atom is 0.343 e. The number of aliphatic hydroxyl groups excluding tert-OH is 1. The van der Waals surface area contributed by atoms with Crippen LogP contribution in [0, 0.1) is 5.41 Å². The molecule has 0 spiro atoms. The van der Waals surface area contributed by atoms with Crippen LogP contribution in [0.2, 0.25) is 0 Å². The molecular formula is C11H22N4O2S. The van der Waals surface area contributed by atoms with E-state index in [1.807, 2.05) is 27.7 Å². The summed E-state index contributed by atoms with van der Waals surface area (Å²) >= 11 is 1.34. The predicted molar refractivity (Wildman–Crippen MR) is 72.7 cm³/mol. The van der Waals surface area contributed by atoms with E-state index in [9.17, 15) is 9.90 Å². The molecule has 0 bridgehead atoms. The Morgan fingerprint density at radius 3 is 2.61 bits per heavy atom. The van der Waals surface area contributed by atoms with Crippen molar-refractivity contribution in [2.45, 2.75) is 50.7 Å². The predicted octanol–water partition coefficient (Wildman–Crippen LogP) is 0.418. The van der Waals surface area contributed by atoms with Crippen molar-refractivity contribution in [3.05, 3.63) is 10.5 Å². The molecule has 0 aliphatic heterocycles. The highest BCUT2D eigenvalue weighted by atomic mass is 32.2. The first-order chi connectivity index (χ1) is 8.31. The Morgan fingerprint density at radius 2 is 2.17 bits per heavy atom. The van der Waals surface area contributed by atoms with Crippen molar-refractivity contribution >= 4 is 11.8 Å². The smallest absolute Gasteiger partial charge is 0.343 e. The Balaban J connectivity index is 2.89. The summed E-state index contributed by atoms with van der Waals surface area (Å²) in [6.07, 6.45) is 0. The molecule has 6 nitrogen and oxygen atoms in total. The van der Waals surface area contributed by atoms with Gasteiger partial charge in [0.1, 0.15) is 0 Å². The highest BCUT2D eigenvalue weighted by Gasteiger charge is 2.30. The molecule has 1 heterocycles. The van der Waals surface area contributed by atoms with Crippen molar-refractivity contribution in [3.63, 3.8) is 0 Å². The number of H-pyrrole nitrogens is 1. The van der Waals surface area contributed by atoms with Gasteiger partial charge in [-0.1, -0.05) is 32.5 Å². The zero-order valence-electron chi connectivity index (χ0n) is 11.3. The third-order valence-electron chi connectivity index (χ3n) is 2.88. The minimum absolute atomic E-state index is 0.0477. The van der Waals surface area contributed by atoms with Crippen molar-refractivity contribution in [1.82, 2.24) is 14.8 Å². The molecule has 0 aliphatic rings. The average Bonchev–Trinajstić information content (AvgIpc) is 2.64. The standard InChI is InChI=1S/C11H22N4O2S/c1-5-15-9(17)13-14-10(15)18-7(6-16)8(12)11(2,3)4/h7-8,16H,5-6,12H2,1-4H3,(H,13,17). The van der Waals surface area contributed by atoms with Crippen LogP contribution in [0.5, 0.6) is 0 Å². The summed E-state index contributed by atoms with van der Waals surface area (Å²) in [5.74, 6) is 0. The van der Waals surface area contributed by atoms with E-state index in [1.165, 1.54) is 16.3 Å². The summed E-state index contributed by atoms with van der Waals surface area (Å²) in [4.78, 5) is 11.4. The van der Waals surface area contributed by atoms with Gasteiger partial charge < -0.3 is 10.8 Å². The van der Waals surface area contributed by atoms with E-state index in [4.69, 9.17) is 5.73 Å². The van der Waals surface area contributed by atoms with Crippen LogP contribution in [0.4, 0.5) is 0 Å². The van der Waals surface area contributed by atoms with Gasteiger partial charge in [0.15, 0.2) is 5.16 Å². The first-order valence-electron chi connectivity index (χ1n) is 5.99. The fourth-order valence-corrected chi connectivity index (χ4v) is 2.93. The van der Waals surface area contributed by atoms with Gasteiger partial charge in [-0.05, 0) is 12.3 Å². The Labute approximate surface area is 111 Å². The number of aromatic nitrogens is 3. The topological polar surface area (TPSA) is 96.9 Å². The van der Waals surface area contributed by atoms with Gasteiger partial charge in [-0.15, -0.1) is 5.10 Å². The maximum absolute atomic E-state index is 11.4. The van der Waals surface area contributed by atoms with Gasteiger partial charge in [-0.25, -0.2) is 9.89 Å². The number of thioether (sulfide) groups is 1. The lowest BCUT2D eigenvalue weighted by atomic mass is 9.85. The number of nitrogens with zero attached hydrogens (tertiary/aromatic N) is 2. The third-order valence-corrected chi connectivity index (χ3v) is 4.14. The summed E-state index contributed by atoms with van der Waals surface area (Å²) in [6, 6.07) is -0.190. The number of aromatic amines is 1. The van der Waals surface area contributed by atoms with Crippen molar-refractivity contribution in [2.75, 3.05) is 6.61 Å². The zero-order valence-corrected chi connectivity index (χ0v) is 12.1. The van der Waals surface area contributed by atoms with Crippen LogP contribution < -0.4 is 11.4 Å². The molecule has 0 saturated carbocycles. The largest absolute Gasteiger partial charge is 0.395 e. The van der Waals surface area contributed by atoms with E-state index in [-0.39, 0.29) is 29.0 Å². The van der Waals surface area contributed by atoms with Crippen molar-refractivity contribution in [2.24, 2.45) is 11.1 Å². The number of nitrogens with two attached hydrogens (primary N) is 1. The summed E-state index contributed by atoms with van der Waals surface area (Å²) in [5.41, 5.74) is 5.79. The van der Waals surface area contributed by atoms with Gasteiger partial charge in [-0.3, -0.25) is 4.57 Å². The normalized spacial score (nSPS) is 15.7. The lowest BCUT2D eigenvalue weighted by Crippen LogP contribution is -2.45. The molecule has 0 amide bonds. The van der Waals surface area contributed by atoms with Crippen molar-refractivity contribution in [1.29, 1.82) is 0 Å². The number of hydrogen-bond donors (Lipinski definition) is 3. The zero-order chi connectivity index (χ0) is 13.9. The maximum atomic E-state index is 11.4. The molecule has 18 heavy (non-hydrogen) atoms. The van der Waals surface area contributed by atoms with E-state index in [1.54, 1.807) is 0 Å². The van der Waals surface area contributed by atoms with E-state index in [0.29, 0.717) is 11.7 Å². The second-order valence-corrected chi connectivity index (χ2v) is 6.49. The van der Waals surface area contributed by atoms with Gasteiger partial charge in [0.2, 0.25) is 0 Å². The molecule has 1 rings (SSSR count). The lowest BCUT2D eigenvalue weighted by molar-refractivity contribution is 0.233. The second kappa shape index (κ2) is 5.90. The van der Waals surface area contributed by atoms with Crippen LogP contribution >= 0.6 is 11.8 Å². The molecule has 0 aliphatic carbocycles. The quantitative estimate of drug-likeness (QED) is 0.676. The van der Waals surface area contributed by atoms with Crippen LogP contribution in [-0.4, -0.2) is 37.8 Å². The third kappa shape index (κ3) is 3.37. The fourth-order valence-electron chi connectivity index (χ4n) is 1.59. The minimum atomic E-state index is -0.235. The molecule has 0 saturated heterocycles. The minimum Gasteiger partial charge on any atom is -0.395 e. The van der Waals surface area contributed by atoms with E-state index in [2.05, 4.69) is 10.2 Å². The number of rotatable bonds is 5. The Kier molecular flexibility index (Phi) is 5.01. The highest BCUT2D eigenvalue weighted by molar-refractivity contribution is 7.99. The van der Waals surface area contributed by atoms with Gasteiger partial charge >= 0.3 is 5.69 Å². The SMILES string of the molecule is CCn1c(SC(CO)C(N)C(C)(C)C)n[nH]c1=O. The first kappa shape index (κ1) is 15.3. The summed E-state index contributed by atoms with van der Waals surface area (Å²) in [5, 5.41) is 16.2. The molecule has 2 unspecified atom stereocenters. The van der Waals surface area contributed by atoms with E-state index in [0.717, 1.165) is 0 Å². The summed E-state index contributed by atoms with van der Waals surface area (Å²) in [6.45, 7) is 8.45. The van der Waals surface area contributed by atoms with Crippen LogP contribution in [0.3, 0.4) is 0 Å². The Bertz CT molecular complexity index is 435. The van der Waals surface area contributed by atoms with Crippen LogP contribution in [0.1, 0.15) is 27.7 Å². The van der Waals surface area contributed by atoms with Crippen LogP contribution in [0.15, 0.2) is 9.95 Å². The lowest BCUT2D eigenvalue weighted by Gasteiger charge is -2.32. The molecule has 7 heteroatoms. The van der Waals surface area contributed by atoms with Crippen LogP contribution in [-0.2, 0) is 6.54 Å². The number of aliphatic hydroxyl groups is 1. The molecule has 0 radical (unpaired) electrons. The first-order valence-corrected chi connectivity index (χ1v) is 6.87. The number of nitrogens with one attached hydrogen (secondary N) is 1. The molecule has 0 fully saturated rings.